The Morgan fingerprint density at radius 3 is 2.71 bits per heavy atom. The Hall–Kier alpha value is -3.61. The van der Waals surface area contributed by atoms with Gasteiger partial charge in [-0.25, -0.2) is 0 Å². The highest BCUT2D eigenvalue weighted by Crippen LogP contribution is 2.29. The fourth-order valence-electron chi connectivity index (χ4n) is 4.61. The van der Waals surface area contributed by atoms with Gasteiger partial charge in [0.25, 0.3) is 5.89 Å². The van der Waals surface area contributed by atoms with E-state index in [4.69, 9.17) is 8.83 Å². The van der Waals surface area contributed by atoms with Gasteiger partial charge >= 0.3 is 0 Å². The molecule has 0 spiro atoms. The third-order valence-electron chi connectivity index (χ3n) is 6.51. The van der Waals surface area contributed by atoms with E-state index in [0.717, 1.165) is 29.9 Å². The minimum atomic E-state index is 0.145. The largest absolute Gasteiger partial charge is 0.459 e. The summed E-state index contributed by atoms with van der Waals surface area (Å²) in [7, 11) is 0. The molecule has 1 fully saturated rings. The van der Waals surface area contributed by atoms with E-state index in [1.165, 1.54) is 4.88 Å². The molecule has 0 radical (unpaired) electrons. The Bertz CT molecular complexity index is 1340. The lowest BCUT2D eigenvalue weighted by molar-refractivity contribution is 0.0925. The lowest BCUT2D eigenvalue weighted by Gasteiger charge is -2.34. The van der Waals surface area contributed by atoms with Crippen LogP contribution in [0.3, 0.4) is 0 Å². The van der Waals surface area contributed by atoms with Crippen LogP contribution < -0.4 is 4.90 Å². The smallest absolute Gasteiger partial charge is 0.266 e. The van der Waals surface area contributed by atoms with E-state index in [1.54, 1.807) is 29.7 Å². The molecule has 9 heteroatoms. The van der Waals surface area contributed by atoms with E-state index >= 15 is 0 Å². The summed E-state index contributed by atoms with van der Waals surface area (Å²) >= 11 is 1.77. The van der Waals surface area contributed by atoms with Crippen LogP contribution >= 0.6 is 11.3 Å². The second-order valence-corrected chi connectivity index (χ2v) is 9.75. The number of hydrogen-bond acceptors (Lipinski definition) is 8. The molecule has 0 aromatic carbocycles. The number of ketones is 1. The first-order valence-corrected chi connectivity index (χ1v) is 12.6. The lowest BCUT2D eigenvalue weighted by Crippen LogP contribution is -2.48. The second kappa shape index (κ2) is 9.94. The monoisotopic (exact) mass is 489 g/mol. The van der Waals surface area contributed by atoms with Crippen molar-refractivity contribution in [3.63, 3.8) is 0 Å². The van der Waals surface area contributed by atoms with Crippen LogP contribution in [0.4, 0.5) is 5.88 Å². The summed E-state index contributed by atoms with van der Waals surface area (Å²) in [6, 6.07) is 11.9. The third kappa shape index (κ3) is 4.81. The molecule has 35 heavy (non-hydrogen) atoms. The molecule has 180 valence electrons. The predicted molar refractivity (Wildman–Crippen MR) is 134 cm³/mol. The highest BCUT2D eigenvalue weighted by Gasteiger charge is 2.27. The molecule has 5 heterocycles. The number of nitrogens with zero attached hydrogens (tertiary/aromatic N) is 5. The van der Waals surface area contributed by atoms with Gasteiger partial charge in [0.1, 0.15) is 6.07 Å². The predicted octanol–water partition coefficient (Wildman–Crippen LogP) is 4.53. The fraction of sp³-hybridized carbons (Fsp3) is 0.346. The van der Waals surface area contributed by atoms with E-state index in [1.807, 2.05) is 17.9 Å². The van der Waals surface area contributed by atoms with E-state index < -0.39 is 0 Å². The first-order valence-electron chi connectivity index (χ1n) is 11.7. The maximum atomic E-state index is 13.2. The van der Waals surface area contributed by atoms with Crippen LogP contribution in [0.2, 0.25) is 0 Å². The number of anilines is 1. The number of thiophene rings is 1. The van der Waals surface area contributed by atoms with Crippen LogP contribution in [-0.2, 0) is 13.0 Å². The van der Waals surface area contributed by atoms with Crippen LogP contribution in [0.25, 0.3) is 11.7 Å². The zero-order valence-corrected chi connectivity index (χ0v) is 20.7. The van der Waals surface area contributed by atoms with Gasteiger partial charge in [-0.05, 0) is 49.9 Å². The van der Waals surface area contributed by atoms with Crippen LogP contribution in [0, 0.1) is 25.2 Å². The van der Waals surface area contributed by atoms with Crippen LogP contribution in [0.1, 0.15) is 32.3 Å². The molecule has 1 aliphatic heterocycles. The topological polar surface area (TPSA) is 91.4 Å². The number of rotatable bonds is 8. The van der Waals surface area contributed by atoms with Gasteiger partial charge in [-0.3, -0.25) is 9.69 Å². The molecule has 0 amide bonds. The van der Waals surface area contributed by atoms with Crippen molar-refractivity contribution in [1.82, 2.24) is 14.5 Å². The van der Waals surface area contributed by atoms with Gasteiger partial charge in [-0.1, -0.05) is 6.07 Å². The standard InChI is InChI=1S/C26H27N5O3S/c1-18-15-21(19(2)31(18)8-7-20-5-4-14-35-20)23(32)17-29-9-11-30(12-10-29)26-22(16-27)28-25(34-26)24-6-3-13-33-24/h3-6,13-15H,7-12,17H2,1-2H3. The average molecular weight is 490 g/mol. The number of Topliss-reactive ketones (excluding diaryl/α,β-unsaturated/α-hetero) is 1. The molecule has 0 unspecified atom stereocenters. The van der Waals surface area contributed by atoms with Crippen molar-refractivity contribution in [2.75, 3.05) is 37.6 Å². The molecule has 0 bridgehead atoms. The van der Waals surface area contributed by atoms with E-state index in [2.05, 4.69) is 45.0 Å². The summed E-state index contributed by atoms with van der Waals surface area (Å²) in [5, 5.41) is 11.6. The maximum absolute atomic E-state index is 13.2. The summed E-state index contributed by atoms with van der Waals surface area (Å²) in [5.74, 6) is 1.39. The van der Waals surface area contributed by atoms with Gasteiger partial charge in [0.15, 0.2) is 11.5 Å². The molecule has 0 N–H and O–H groups in total. The fourth-order valence-corrected chi connectivity index (χ4v) is 5.30. The third-order valence-corrected chi connectivity index (χ3v) is 7.45. The second-order valence-electron chi connectivity index (χ2n) is 8.71. The van der Waals surface area contributed by atoms with Crippen molar-refractivity contribution < 1.29 is 13.6 Å². The minimum Gasteiger partial charge on any atom is -0.459 e. The summed E-state index contributed by atoms with van der Waals surface area (Å²) in [6.45, 7) is 8.05. The van der Waals surface area contributed by atoms with Gasteiger partial charge in [0.05, 0.1) is 12.8 Å². The van der Waals surface area contributed by atoms with Gasteiger partial charge in [0, 0.05) is 54.6 Å². The molecule has 8 nitrogen and oxygen atoms in total. The number of piperazine rings is 1. The van der Waals surface area contributed by atoms with Crippen LogP contribution in [0.15, 0.2) is 50.8 Å². The Labute approximate surface area is 208 Å². The molecule has 0 saturated carbocycles. The molecular formula is C26H27N5O3S. The number of furan rings is 1. The van der Waals surface area contributed by atoms with Crippen molar-refractivity contribution in [2.24, 2.45) is 0 Å². The first-order chi connectivity index (χ1) is 17.0. The maximum Gasteiger partial charge on any atom is 0.266 e. The highest BCUT2D eigenvalue weighted by atomic mass is 32.1. The summed E-state index contributed by atoms with van der Waals surface area (Å²) in [6.07, 6.45) is 2.51. The van der Waals surface area contributed by atoms with Gasteiger partial charge in [0.2, 0.25) is 11.6 Å². The quantitative estimate of drug-likeness (QED) is 0.336. The Morgan fingerprint density at radius 2 is 2.03 bits per heavy atom. The van der Waals surface area contributed by atoms with E-state index in [0.29, 0.717) is 50.3 Å². The molecular weight excluding hydrogens is 462 g/mol. The molecule has 1 saturated heterocycles. The first kappa shape index (κ1) is 23.1. The van der Waals surface area contributed by atoms with E-state index in [9.17, 15) is 10.1 Å². The number of hydrogen-bond donors (Lipinski definition) is 0. The van der Waals surface area contributed by atoms with Crippen molar-refractivity contribution in [3.05, 3.63) is 69.5 Å². The number of nitriles is 1. The van der Waals surface area contributed by atoms with Gasteiger partial charge in [-0.15, -0.1) is 11.3 Å². The Balaban J connectivity index is 1.20. The summed E-state index contributed by atoms with van der Waals surface area (Å²) in [4.78, 5) is 23.0. The van der Waals surface area contributed by atoms with Crippen molar-refractivity contribution in [3.8, 4) is 17.7 Å². The number of aryl methyl sites for hydroxylation is 2. The average Bonchev–Trinajstić information content (AvgIpc) is 3.66. The molecule has 1 aliphatic rings. The van der Waals surface area contributed by atoms with Gasteiger partial charge < -0.3 is 18.3 Å². The number of oxazole rings is 1. The summed E-state index contributed by atoms with van der Waals surface area (Å²) in [5.41, 5.74) is 3.21. The van der Waals surface area contributed by atoms with Crippen molar-refractivity contribution >= 4 is 23.0 Å². The number of carbonyl (C=O) groups is 1. The zero-order valence-electron chi connectivity index (χ0n) is 19.9. The minimum absolute atomic E-state index is 0.145. The molecule has 0 atom stereocenters. The van der Waals surface area contributed by atoms with Crippen LogP contribution in [-0.4, -0.2) is 53.0 Å². The van der Waals surface area contributed by atoms with Gasteiger partial charge in [-0.2, -0.15) is 10.2 Å². The molecule has 0 aliphatic carbocycles. The SMILES string of the molecule is Cc1cc(C(=O)CN2CCN(c3oc(-c4ccco4)nc3C#N)CC2)c(C)n1CCc1cccs1. The van der Waals surface area contributed by atoms with Crippen LogP contribution in [0.5, 0.6) is 0 Å². The van der Waals surface area contributed by atoms with Crippen molar-refractivity contribution in [2.45, 2.75) is 26.8 Å². The highest BCUT2D eigenvalue weighted by molar-refractivity contribution is 7.09. The number of aromatic nitrogens is 2. The Morgan fingerprint density at radius 1 is 1.20 bits per heavy atom. The Kier molecular flexibility index (Phi) is 6.57. The lowest BCUT2D eigenvalue weighted by atomic mass is 10.1. The molecule has 4 aromatic rings. The summed E-state index contributed by atoms with van der Waals surface area (Å²) < 4.78 is 13.5. The molecule has 5 rings (SSSR count). The van der Waals surface area contributed by atoms with Crippen molar-refractivity contribution in [1.29, 1.82) is 5.26 Å². The van der Waals surface area contributed by atoms with E-state index in [-0.39, 0.29) is 11.5 Å². The number of carbonyl (C=O) groups excluding carboxylic acids is 1. The zero-order chi connectivity index (χ0) is 24.4. The normalized spacial score (nSPS) is 14.4. The molecule has 4 aromatic heterocycles.